The van der Waals surface area contributed by atoms with Gasteiger partial charge in [0, 0.05) is 18.4 Å². The SMILES string of the molecule is COC(=O)C1CCN1c1ccnc(C=O)c1. The van der Waals surface area contributed by atoms with Crippen molar-refractivity contribution in [3.63, 3.8) is 0 Å². The van der Waals surface area contributed by atoms with Crippen molar-refractivity contribution in [2.24, 2.45) is 0 Å². The van der Waals surface area contributed by atoms with Gasteiger partial charge in [-0.2, -0.15) is 0 Å². The quantitative estimate of drug-likeness (QED) is 0.552. The molecule has 1 aliphatic rings. The Kier molecular flexibility index (Phi) is 2.85. The van der Waals surface area contributed by atoms with Crippen molar-refractivity contribution in [1.29, 1.82) is 0 Å². The van der Waals surface area contributed by atoms with Gasteiger partial charge in [0.15, 0.2) is 6.29 Å². The lowest BCUT2D eigenvalue weighted by Gasteiger charge is -2.40. The van der Waals surface area contributed by atoms with E-state index in [1.54, 1.807) is 18.3 Å². The van der Waals surface area contributed by atoms with Crippen LogP contribution < -0.4 is 4.90 Å². The monoisotopic (exact) mass is 220 g/mol. The molecule has 5 nitrogen and oxygen atoms in total. The molecule has 1 unspecified atom stereocenters. The third kappa shape index (κ3) is 1.76. The molecular weight excluding hydrogens is 208 g/mol. The lowest BCUT2D eigenvalue weighted by Crippen LogP contribution is -2.53. The Labute approximate surface area is 93.0 Å². The van der Waals surface area contributed by atoms with Crippen LogP contribution in [0.4, 0.5) is 5.69 Å². The molecule has 1 aromatic rings. The lowest BCUT2D eigenvalue weighted by molar-refractivity contribution is -0.143. The fourth-order valence-corrected chi connectivity index (χ4v) is 1.76. The van der Waals surface area contributed by atoms with Gasteiger partial charge in [0.25, 0.3) is 0 Å². The minimum absolute atomic E-state index is 0.230. The molecule has 0 amide bonds. The van der Waals surface area contributed by atoms with E-state index in [0.29, 0.717) is 12.0 Å². The molecule has 1 aromatic heterocycles. The molecular formula is C11H12N2O3. The number of aldehydes is 1. The largest absolute Gasteiger partial charge is 0.467 e. The van der Waals surface area contributed by atoms with Crippen molar-refractivity contribution in [3.8, 4) is 0 Å². The zero-order chi connectivity index (χ0) is 11.5. The molecule has 16 heavy (non-hydrogen) atoms. The first-order valence-corrected chi connectivity index (χ1v) is 5.02. The summed E-state index contributed by atoms with van der Waals surface area (Å²) in [6, 6.07) is 3.22. The Bertz CT molecular complexity index is 419. The van der Waals surface area contributed by atoms with E-state index in [9.17, 15) is 9.59 Å². The zero-order valence-electron chi connectivity index (χ0n) is 8.92. The fourth-order valence-electron chi connectivity index (χ4n) is 1.76. The summed E-state index contributed by atoms with van der Waals surface area (Å²) in [5.74, 6) is -0.240. The number of ether oxygens (including phenoxy) is 1. The van der Waals surface area contributed by atoms with Gasteiger partial charge in [-0.3, -0.25) is 9.78 Å². The molecule has 0 radical (unpaired) electrons. The number of anilines is 1. The molecule has 1 atom stereocenters. The van der Waals surface area contributed by atoms with Gasteiger partial charge >= 0.3 is 5.97 Å². The Balaban J connectivity index is 2.18. The van der Waals surface area contributed by atoms with E-state index >= 15 is 0 Å². The second-order valence-corrected chi connectivity index (χ2v) is 3.58. The van der Waals surface area contributed by atoms with Crippen molar-refractivity contribution in [1.82, 2.24) is 4.98 Å². The number of hydrogen-bond acceptors (Lipinski definition) is 5. The van der Waals surface area contributed by atoms with Crippen LogP contribution in [0.25, 0.3) is 0 Å². The van der Waals surface area contributed by atoms with E-state index in [-0.39, 0.29) is 12.0 Å². The standard InChI is InChI=1S/C11H12N2O3/c1-16-11(15)10-3-5-13(10)9-2-4-12-8(6-9)7-14/h2,4,6-7,10H,3,5H2,1H3. The average Bonchev–Trinajstić information content (AvgIpc) is 2.27. The Morgan fingerprint density at radius 2 is 2.50 bits per heavy atom. The van der Waals surface area contributed by atoms with E-state index < -0.39 is 0 Å². The second-order valence-electron chi connectivity index (χ2n) is 3.58. The maximum atomic E-state index is 11.4. The Morgan fingerprint density at radius 3 is 3.06 bits per heavy atom. The van der Waals surface area contributed by atoms with Gasteiger partial charge in [-0.15, -0.1) is 0 Å². The molecule has 1 fully saturated rings. The minimum atomic E-state index is -0.240. The Hall–Kier alpha value is -1.91. The molecule has 0 spiro atoms. The van der Waals surface area contributed by atoms with Crippen LogP contribution in [0.2, 0.25) is 0 Å². The van der Waals surface area contributed by atoms with Crippen molar-refractivity contribution in [3.05, 3.63) is 24.0 Å². The molecule has 0 N–H and O–H groups in total. The number of rotatable bonds is 3. The van der Waals surface area contributed by atoms with Gasteiger partial charge in [0.1, 0.15) is 11.7 Å². The van der Waals surface area contributed by atoms with Crippen LogP contribution in [0.3, 0.4) is 0 Å². The smallest absolute Gasteiger partial charge is 0.328 e. The highest BCUT2D eigenvalue weighted by Gasteiger charge is 2.35. The molecule has 0 aromatic carbocycles. The molecule has 2 heterocycles. The number of carbonyl (C=O) groups is 2. The summed E-state index contributed by atoms with van der Waals surface area (Å²) in [6.07, 6.45) is 3.04. The minimum Gasteiger partial charge on any atom is -0.467 e. The highest BCUT2D eigenvalue weighted by atomic mass is 16.5. The predicted octanol–water partition coefficient (Wildman–Crippen LogP) is 0.646. The summed E-state index contributed by atoms with van der Waals surface area (Å²) in [4.78, 5) is 27.8. The topological polar surface area (TPSA) is 59.5 Å². The first-order chi connectivity index (χ1) is 7.76. The van der Waals surface area contributed by atoms with E-state index in [0.717, 1.165) is 18.7 Å². The number of nitrogens with zero attached hydrogens (tertiary/aromatic N) is 2. The van der Waals surface area contributed by atoms with Crippen LogP contribution in [-0.2, 0) is 9.53 Å². The molecule has 1 aliphatic heterocycles. The number of methoxy groups -OCH3 is 1. The van der Waals surface area contributed by atoms with Crippen LogP contribution in [0, 0.1) is 0 Å². The molecule has 0 saturated carbocycles. The summed E-state index contributed by atoms with van der Waals surface area (Å²) in [5, 5.41) is 0. The maximum Gasteiger partial charge on any atom is 0.328 e. The first-order valence-electron chi connectivity index (χ1n) is 5.02. The van der Waals surface area contributed by atoms with Gasteiger partial charge < -0.3 is 9.64 Å². The number of esters is 1. The van der Waals surface area contributed by atoms with E-state index in [4.69, 9.17) is 4.74 Å². The first kappa shape index (κ1) is 10.6. The predicted molar refractivity (Wildman–Crippen MR) is 57.4 cm³/mol. The van der Waals surface area contributed by atoms with Gasteiger partial charge in [-0.1, -0.05) is 0 Å². The van der Waals surface area contributed by atoms with Gasteiger partial charge in [-0.05, 0) is 18.6 Å². The average molecular weight is 220 g/mol. The summed E-state index contributed by atoms with van der Waals surface area (Å²) in [5.41, 5.74) is 1.20. The van der Waals surface area contributed by atoms with Crippen LogP contribution in [-0.4, -0.2) is 36.9 Å². The summed E-state index contributed by atoms with van der Waals surface area (Å²) < 4.78 is 4.70. The maximum absolute atomic E-state index is 11.4. The zero-order valence-corrected chi connectivity index (χ0v) is 8.92. The molecule has 5 heteroatoms. The number of carbonyl (C=O) groups excluding carboxylic acids is 2. The van der Waals surface area contributed by atoms with E-state index in [1.807, 2.05) is 4.90 Å². The van der Waals surface area contributed by atoms with Crippen LogP contribution >= 0.6 is 0 Å². The van der Waals surface area contributed by atoms with Crippen molar-refractivity contribution >= 4 is 17.9 Å². The number of aromatic nitrogens is 1. The van der Waals surface area contributed by atoms with Crippen molar-refractivity contribution in [2.75, 3.05) is 18.6 Å². The Morgan fingerprint density at radius 1 is 1.69 bits per heavy atom. The lowest BCUT2D eigenvalue weighted by atomic mass is 10.0. The van der Waals surface area contributed by atoms with Gasteiger partial charge in [0.2, 0.25) is 0 Å². The fraction of sp³-hybridized carbons (Fsp3) is 0.364. The van der Waals surface area contributed by atoms with Crippen LogP contribution in [0.1, 0.15) is 16.9 Å². The van der Waals surface area contributed by atoms with E-state index in [2.05, 4.69) is 4.98 Å². The molecule has 2 rings (SSSR count). The van der Waals surface area contributed by atoms with Gasteiger partial charge in [0.05, 0.1) is 7.11 Å². The van der Waals surface area contributed by atoms with Gasteiger partial charge in [-0.25, -0.2) is 4.79 Å². The molecule has 0 aliphatic carbocycles. The molecule has 1 saturated heterocycles. The third-order valence-electron chi connectivity index (χ3n) is 2.71. The van der Waals surface area contributed by atoms with Crippen LogP contribution in [0.15, 0.2) is 18.3 Å². The summed E-state index contributed by atoms with van der Waals surface area (Å²) in [7, 11) is 1.38. The third-order valence-corrected chi connectivity index (χ3v) is 2.71. The van der Waals surface area contributed by atoms with Crippen LogP contribution in [0.5, 0.6) is 0 Å². The molecule has 84 valence electrons. The highest BCUT2D eigenvalue weighted by Crippen LogP contribution is 2.26. The highest BCUT2D eigenvalue weighted by molar-refractivity contribution is 5.83. The number of pyridine rings is 1. The van der Waals surface area contributed by atoms with Crippen molar-refractivity contribution in [2.45, 2.75) is 12.5 Å². The normalized spacial score (nSPS) is 18.8. The van der Waals surface area contributed by atoms with E-state index in [1.165, 1.54) is 7.11 Å². The summed E-state index contributed by atoms with van der Waals surface area (Å²) in [6.45, 7) is 0.794. The summed E-state index contributed by atoms with van der Waals surface area (Å²) >= 11 is 0. The van der Waals surface area contributed by atoms with Crippen molar-refractivity contribution < 1.29 is 14.3 Å². The molecule has 0 bridgehead atoms. The number of hydrogen-bond donors (Lipinski definition) is 0. The second kappa shape index (κ2) is 4.30.